The van der Waals surface area contributed by atoms with Crippen LogP contribution >= 0.6 is 24.0 Å². The lowest BCUT2D eigenvalue weighted by molar-refractivity contribution is 0.0914. The Morgan fingerprint density at radius 3 is 2.61 bits per heavy atom. The van der Waals surface area contributed by atoms with Crippen LogP contribution in [0.25, 0.3) is 0 Å². The van der Waals surface area contributed by atoms with E-state index in [0.29, 0.717) is 26.2 Å². The van der Waals surface area contributed by atoms with Gasteiger partial charge in [-0.2, -0.15) is 0 Å². The van der Waals surface area contributed by atoms with Gasteiger partial charge in [-0.25, -0.2) is 9.79 Å². The molecule has 0 radical (unpaired) electrons. The molecule has 1 saturated heterocycles. The Hall–Kier alpha value is -1.52. The molecule has 0 aromatic carbocycles. The number of hydrogen-bond donors (Lipinski definition) is 1. The first-order valence-electron chi connectivity index (χ1n) is 7.58. The maximum atomic E-state index is 11.7. The molecule has 2 rings (SSSR count). The molecule has 1 amide bonds. The van der Waals surface area contributed by atoms with Crippen LogP contribution in [0.5, 0.6) is 0 Å². The van der Waals surface area contributed by atoms with Crippen LogP contribution in [0.3, 0.4) is 0 Å². The Morgan fingerprint density at radius 2 is 2.04 bits per heavy atom. The molecule has 0 atom stereocenters. The second-order valence-electron chi connectivity index (χ2n) is 4.83. The van der Waals surface area contributed by atoms with E-state index in [2.05, 4.69) is 20.4 Å². The summed E-state index contributed by atoms with van der Waals surface area (Å²) in [5.74, 6) is 0.828. The van der Waals surface area contributed by atoms with Crippen molar-refractivity contribution in [3.8, 4) is 0 Å². The van der Waals surface area contributed by atoms with Crippen LogP contribution in [-0.4, -0.2) is 66.3 Å². The number of amides is 1. The Kier molecular flexibility index (Phi) is 8.74. The summed E-state index contributed by atoms with van der Waals surface area (Å²) in [6.45, 7) is 8.22. The van der Waals surface area contributed by atoms with Gasteiger partial charge in [-0.1, -0.05) is 5.16 Å². The van der Waals surface area contributed by atoms with Gasteiger partial charge in [0.15, 0.2) is 5.96 Å². The predicted molar refractivity (Wildman–Crippen MR) is 96.9 cm³/mol. The second kappa shape index (κ2) is 10.3. The summed E-state index contributed by atoms with van der Waals surface area (Å²) in [7, 11) is 0. The Morgan fingerprint density at radius 1 is 1.35 bits per heavy atom. The van der Waals surface area contributed by atoms with Gasteiger partial charge in [0.05, 0.1) is 13.2 Å². The van der Waals surface area contributed by atoms with E-state index in [-0.39, 0.29) is 30.1 Å². The third-order valence-electron chi connectivity index (χ3n) is 3.32. The number of rotatable bonds is 4. The number of carbonyl (C=O) groups is 1. The fourth-order valence-corrected chi connectivity index (χ4v) is 2.22. The zero-order valence-electron chi connectivity index (χ0n) is 13.5. The van der Waals surface area contributed by atoms with E-state index in [1.165, 1.54) is 6.26 Å². The summed E-state index contributed by atoms with van der Waals surface area (Å²) in [5.41, 5.74) is 0.792. The Balaban J connectivity index is 0.00000264. The van der Waals surface area contributed by atoms with Crippen LogP contribution in [0.4, 0.5) is 4.79 Å². The first-order chi connectivity index (χ1) is 10.7. The van der Waals surface area contributed by atoms with E-state index in [1.807, 2.05) is 13.8 Å². The van der Waals surface area contributed by atoms with Crippen LogP contribution in [0.15, 0.2) is 21.8 Å². The van der Waals surface area contributed by atoms with Gasteiger partial charge < -0.3 is 24.4 Å². The molecule has 8 nitrogen and oxygen atoms in total. The van der Waals surface area contributed by atoms with E-state index in [1.54, 1.807) is 11.0 Å². The molecule has 23 heavy (non-hydrogen) atoms. The van der Waals surface area contributed by atoms with Crippen molar-refractivity contribution in [2.45, 2.75) is 20.4 Å². The minimum atomic E-state index is -0.244. The lowest BCUT2D eigenvalue weighted by Crippen LogP contribution is -2.53. The van der Waals surface area contributed by atoms with Gasteiger partial charge in [0.25, 0.3) is 0 Å². The largest absolute Gasteiger partial charge is 0.450 e. The fourth-order valence-electron chi connectivity index (χ4n) is 2.22. The number of nitrogens with zero attached hydrogens (tertiary/aromatic N) is 4. The quantitative estimate of drug-likeness (QED) is 0.437. The van der Waals surface area contributed by atoms with E-state index in [9.17, 15) is 4.79 Å². The van der Waals surface area contributed by atoms with E-state index < -0.39 is 0 Å². The molecule has 1 aliphatic heterocycles. The zero-order valence-corrected chi connectivity index (χ0v) is 15.9. The summed E-state index contributed by atoms with van der Waals surface area (Å²) in [6, 6.07) is 1.80. The average Bonchev–Trinajstić information content (AvgIpc) is 3.05. The maximum Gasteiger partial charge on any atom is 0.409 e. The van der Waals surface area contributed by atoms with Crippen LogP contribution in [-0.2, 0) is 11.3 Å². The third kappa shape index (κ3) is 5.88. The minimum absolute atomic E-state index is 0. The SMILES string of the molecule is CCNC(=NCc1ccon1)N1CCN(C(=O)OCC)CC1.I. The maximum absolute atomic E-state index is 11.7. The predicted octanol–water partition coefficient (Wildman–Crippen LogP) is 1.53. The Labute approximate surface area is 153 Å². The number of hydrogen-bond acceptors (Lipinski definition) is 5. The zero-order chi connectivity index (χ0) is 15.8. The lowest BCUT2D eigenvalue weighted by Gasteiger charge is -2.35. The number of piperazine rings is 1. The smallest absolute Gasteiger partial charge is 0.409 e. The highest BCUT2D eigenvalue weighted by atomic mass is 127. The van der Waals surface area contributed by atoms with Crippen LogP contribution < -0.4 is 5.32 Å². The van der Waals surface area contributed by atoms with Gasteiger partial charge >= 0.3 is 6.09 Å². The summed E-state index contributed by atoms with van der Waals surface area (Å²) < 4.78 is 9.83. The first kappa shape index (κ1) is 19.5. The van der Waals surface area contributed by atoms with Gasteiger partial charge in [-0.3, -0.25) is 0 Å². The highest BCUT2D eigenvalue weighted by Gasteiger charge is 2.23. The van der Waals surface area contributed by atoms with Crippen molar-refractivity contribution in [2.75, 3.05) is 39.3 Å². The monoisotopic (exact) mass is 437 g/mol. The molecule has 9 heteroatoms. The van der Waals surface area contributed by atoms with Crippen LogP contribution in [0.1, 0.15) is 19.5 Å². The highest BCUT2D eigenvalue weighted by Crippen LogP contribution is 2.05. The molecular formula is C14H24IN5O3. The Bertz CT molecular complexity index is 487. The molecule has 0 spiro atoms. The normalized spacial score (nSPS) is 15.1. The van der Waals surface area contributed by atoms with Crippen molar-refractivity contribution in [3.63, 3.8) is 0 Å². The number of halogens is 1. The number of ether oxygens (including phenoxy) is 1. The number of carbonyl (C=O) groups excluding carboxylic acids is 1. The van der Waals surface area contributed by atoms with Crippen LogP contribution in [0, 0.1) is 0 Å². The molecule has 130 valence electrons. The number of guanidine groups is 1. The van der Waals surface area contributed by atoms with E-state index >= 15 is 0 Å². The first-order valence-corrected chi connectivity index (χ1v) is 7.58. The minimum Gasteiger partial charge on any atom is -0.450 e. The van der Waals surface area contributed by atoms with Gasteiger partial charge in [0.2, 0.25) is 0 Å². The van der Waals surface area contributed by atoms with Crippen LogP contribution in [0.2, 0.25) is 0 Å². The molecule has 0 unspecified atom stereocenters. The lowest BCUT2D eigenvalue weighted by atomic mass is 10.3. The third-order valence-corrected chi connectivity index (χ3v) is 3.32. The van der Waals surface area contributed by atoms with Crippen molar-refractivity contribution in [3.05, 3.63) is 18.0 Å². The van der Waals surface area contributed by atoms with Crippen molar-refractivity contribution >= 4 is 36.0 Å². The molecule has 2 heterocycles. The molecular weight excluding hydrogens is 413 g/mol. The van der Waals surface area contributed by atoms with Crippen molar-refractivity contribution in [1.29, 1.82) is 0 Å². The second-order valence-corrected chi connectivity index (χ2v) is 4.83. The summed E-state index contributed by atoms with van der Waals surface area (Å²) in [5, 5.41) is 7.12. The molecule has 1 N–H and O–H groups in total. The fraction of sp³-hybridized carbons (Fsp3) is 0.643. The summed E-state index contributed by atoms with van der Waals surface area (Å²) >= 11 is 0. The molecule has 1 fully saturated rings. The van der Waals surface area contributed by atoms with Crippen molar-refractivity contribution in [1.82, 2.24) is 20.3 Å². The number of nitrogens with one attached hydrogen (secondary N) is 1. The molecule has 0 saturated carbocycles. The molecule has 1 aromatic heterocycles. The van der Waals surface area contributed by atoms with Gasteiger partial charge in [-0.15, -0.1) is 24.0 Å². The molecule has 0 bridgehead atoms. The molecule has 0 aliphatic carbocycles. The molecule has 1 aliphatic rings. The van der Waals surface area contributed by atoms with Gasteiger partial charge in [-0.05, 0) is 13.8 Å². The molecule has 1 aromatic rings. The summed E-state index contributed by atoms with van der Waals surface area (Å²) in [6.07, 6.45) is 1.29. The standard InChI is InChI=1S/C14H23N5O3.HI/c1-3-15-13(16-11-12-5-10-22-17-12)18-6-8-19(9-7-18)14(20)21-4-2;/h5,10H,3-4,6-9,11H2,1-2H3,(H,15,16);1H. The van der Waals surface area contributed by atoms with Crippen molar-refractivity contribution < 1.29 is 14.1 Å². The highest BCUT2D eigenvalue weighted by molar-refractivity contribution is 14.0. The van der Waals surface area contributed by atoms with Gasteiger partial charge in [0.1, 0.15) is 12.0 Å². The number of aliphatic imine (C=N–C) groups is 1. The summed E-state index contributed by atoms with van der Waals surface area (Å²) in [4.78, 5) is 20.1. The van der Waals surface area contributed by atoms with E-state index in [0.717, 1.165) is 31.3 Å². The van der Waals surface area contributed by atoms with E-state index in [4.69, 9.17) is 9.26 Å². The topological polar surface area (TPSA) is 83.2 Å². The average molecular weight is 437 g/mol. The van der Waals surface area contributed by atoms with Gasteiger partial charge in [0, 0.05) is 38.8 Å². The number of aromatic nitrogens is 1. The van der Waals surface area contributed by atoms with Crippen molar-refractivity contribution in [2.24, 2.45) is 4.99 Å².